The van der Waals surface area contributed by atoms with Crippen LogP contribution >= 0.6 is 45.3 Å². The molecular weight excluding hydrogens is 1220 g/mol. The Balaban J connectivity index is 0.000000130. The third-order valence-electron chi connectivity index (χ3n) is 19.1. The minimum absolute atomic E-state index is 0.344. The summed E-state index contributed by atoms with van der Waals surface area (Å²) in [5.74, 6) is 0.853. The average Bonchev–Trinajstić information content (AvgIpc) is 1.45. The van der Waals surface area contributed by atoms with Gasteiger partial charge in [0.15, 0.2) is 0 Å². The van der Waals surface area contributed by atoms with Crippen LogP contribution in [0.3, 0.4) is 0 Å². The molecule has 14 aromatic rings. The summed E-state index contributed by atoms with van der Waals surface area (Å²) in [4.78, 5) is 16.4. The second-order valence-corrected chi connectivity index (χ2v) is 30.7. The number of para-hydroxylation sites is 3. The van der Waals surface area contributed by atoms with E-state index >= 15 is 0 Å². The molecule has 2 aliphatic carbocycles. The maximum absolute atomic E-state index is 13.7. The van der Waals surface area contributed by atoms with Gasteiger partial charge in [-0.1, -0.05) is 133 Å². The standard InChI is InChI=1S/C39H23NO2S3.C38H22N2O2S3/c41-45(42)35-16-14-25(24-8-2-1-3-9-24)22-27(35)28-23-26(15-17-36(28)45)40-33-12-6-4-10-29(33)39(30-11-5-7-13-34(30)40)31-18-20-43-37(31)38-32(39)19-21-44-38;41-45(42)33-14-12-24(23-7-2-1-3-8-23)21-26(33)27-22-25(13-15-34(27)45)40-32-11-5-4-9-28(32)38(31-10-6-18-39-37(31)40)29-16-19-43-35(29)36-30(38)17-20-44-36/h1-23H;1-22H. The Kier molecular flexibility index (Phi) is 11.0. The monoisotopic (exact) mass is 1270 g/mol. The lowest BCUT2D eigenvalue weighted by atomic mass is 9.65. The van der Waals surface area contributed by atoms with Crippen molar-refractivity contribution in [1.82, 2.24) is 4.98 Å². The smallest absolute Gasteiger partial charge is 0.207 e. The predicted molar refractivity (Wildman–Crippen MR) is 366 cm³/mol. The number of rotatable bonds is 4. The van der Waals surface area contributed by atoms with Crippen LogP contribution in [0, 0.1) is 0 Å². The minimum atomic E-state index is -3.64. The maximum Gasteiger partial charge on any atom is 0.207 e. The molecule has 7 nitrogen and oxygen atoms in total. The first kappa shape index (κ1) is 52.4. The van der Waals surface area contributed by atoms with Gasteiger partial charge in [0.05, 0.1) is 47.5 Å². The molecule has 0 saturated carbocycles. The summed E-state index contributed by atoms with van der Waals surface area (Å²) in [6.45, 7) is 0. The van der Waals surface area contributed by atoms with Crippen molar-refractivity contribution >= 4 is 99.3 Å². The number of anilines is 6. The van der Waals surface area contributed by atoms with Crippen LogP contribution in [-0.4, -0.2) is 21.8 Å². The lowest BCUT2D eigenvalue weighted by Gasteiger charge is -2.44. The van der Waals surface area contributed by atoms with Gasteiger partial charge in [-0.2, -0.15) is 0 Å². The Morgan fingerprint density at radius 3 is 1.08 bits per heavy atom. The average molecular weight is 1270 g/mol. The van der Waals surface area contributed by atoms with Gasteiger partial charge in [-0.3, -0.25) is 4.90 Å². The number of hydrogen-bond acceptors (Lipinski definition) is 11. The number of aromatic nitrogens is 1. The molecule has 2 spiro atoms. The van der Waals surface area contributed by atoms with E-state index in [0.717, 1.165) is 84.3 Å². The Morgan fingerprint density at radius 1 is 0.300 bits per heavy atom. The third-order valence-corrected chi connectivity index (χ3v) is 26.8. The molecule has 0 radical (unpaired) electrons. The zero-order chi connectivity index (χ0) is 59.8. The number of hydrogen-bond donors (Lipinski definition) is 0. The molecule has 9 heterocycles. The van der Waals surface area contributed by atoms with Crippen molar-refractivity contribution in [2.75, 3.05) is 9.80 Å². The van der Waals surface area contributed by atoms with E-state index in [-0.39, 0.29) is 0 Å². The highest BCUT2D eigenvalue weighted by Crippen LogP contribution is 2.68. The summed E-state index contributed by atoms with van der Waals surface area (Å²) in [6, 6.07) is 82.5. The van der Waals surface area contributed by atoms with Crippen molar-refractivity contribution in [3.05, 3.63) is 315 Å². The number of pyridine rings is 1. The number of nitrogens with zero attached hydrogens (tertiary/aromatic N) is 3. The SMILES string of the molecule is O=S1(=O)c2ccc(-c3ccccc3)cc2-c2cc(N3c4ccccc4C4(c5ccccc53)c3ccsc3-c3sccc34)ccc21.O=S1(=O)c2ccc(-c3ccccc3)cc2-c2cc(N3c4ccccc4C4(c5cccnc53)c3ccsc3-c3sccc34)ccc21. The molecule has 428 valence electrons. The van der Waals surface area contributed by atoms with Crippen molar-refractivity contribution in [2.45, 2.75) is 30.4 Å². The van der Waals surface area contributed by atoms with Crippen LogP contribution in [0.2, 0.25) is 0 Å². The molecule has 0 saturated heterocycles. The van der Waals surface area contributed by atoms with E-state index in [9.17, 15) is 16.8 Å². The molecule has 20 rings (SSSR count). The van der Waals surface area contributed by atoms with Gasteiger partial charge in [0, 0.05) is 64.9 Å². The highest BCUT2D eigenvalue weighted by Gasteiger charge is 2.55. The Labute approximate surface area is 535 Å². The summed E-state index contributed by atoms with van der Waals surface area (Å²) in [7, 11) is -7.26. The fraction of sp³-hybridized carbons (Fsp3) is 0.0260. The van der Waals surface area contributed by atoms with Crippen LogP contribution in [0.5, 0.6) is 0 Å². The van der Waals surface area contributed by atoms with Crippen LogP contribution in [0.1, 0.15) is 44.5 Å². The lowest BCUT2D eigenvalue weighted by Crippen LogP contribution is -2.36. The summed E-state index contributed by atoms with van der Waals surface area (Å²) in [5.41, 5.74) is 21.3. The molecule has 0 atom stereocenters. The van der Waals surface area contributed by atoms with Crippen molar-refractivity contribution < 1.29 is 16.8 Å². The van der Waals surface area contributed by atoms with Gasteiger partial charge in [0.25, 0.3) is 0 Å². The Morgan fingerprint density at radius 2 is 0.644 bits per heavy atom. The number of thiophene rings is 4. The molecule has 0 unspecified atom stereocenters. The van der Waals surface area contributed by atoms with E-state index in [2.05, 4.69) is 153 Å². The molecule has 0 bridgehead atoms. The van der Waals surface area contributed by atoms with E-state index in [1.165, 1.54) is 58.5 Å². The van der Waals surface area contributed by atoms with Crippen molar-refractivity contribution in [3.8, 4) is 64.0 Å². The molecule has 0 fully saturated rings. The molecule has 0 amide bonds. The Hall–Kier alpha value is -9.57. The largest absolute Gasteiger partial charge is 0.310 e. The van der Waals surface area contributed by atoms with Crippen molar-refractivity contribution in [2.24, 2.45) is 0 Å². The lowest BCUT2D eigenvalue weighted by molar-refractivity contribution is 0.597. The summed E-state index contributed by atoms with van der Waals surface area (Å²) < 4.78 is 55.0. The van der Waals surface area contributed by atoms with E-state index in [0.29, 0.717) is 19.6 Å². The predicted octanol–water partition coefficient (Wildman–Crippen LogP) is 20.3. The summed E-state index contributed by atoms with van der Waals surface area (Å²) in [5, 5.41) is 8.83. The van der Waals surface area contributed by atoms with E-state index in [1.54, 1.807) is 46.9 Å². The first-order valence-electron chi connectivity index (χ1n) is 29.5. The molecule has 6 aliphatic rings. The van der Waals surface area contributed by atoms with Gasteiger partial charge in [-0.05, 0) is 192 Å². The molecule has 13 heteroatoms. The number of fused-ring (bicyclic) bond motifs is 24. The summed E-state index contributed by atoms with van der Waals surface area (Å²) in [6.07, 6.45) is 1.85. The normalized spacial score (nSPS) is 15.6. The molecular formula is C77H45N3O4S6. The second-order valence-electron chi connectivity index (χ2n) is 23.3. The van der Waals surface area contributed by atoms with Crippen LogP contribution in [0.4, 0.5) is 34.3 Å². The van der Waals surface area contributed by atoms with Gasteiger partial charge < -0.3 is 4.90 Å². The molecule has 9 aromatic carbocycles. The molecule has 5 aromatic heterocycles. The molecule has 4 aliphatic heterocycles. The van der Waals surface area contributed by atoms with Gasteiger partial charge in [0.2, 0.25) is 19.7 Å². The highest BCUT2D eigenvalue weighted by molar-refractivity contribution is 7.92. The fourth-order valence-corrected chi connectivity index (χ4v) is 23.0. The highest BCUT2D eigenvalue weighted by atomic mass is 32.2. The second kappa shape index (κ2) is 19.0. The third kappa shape index (κ3) is 6.83. The summed E-state index contributed by atoms with van der Waals surface area (Å²) >= 11 is 7.24. The Bertz CT molecular complexity index is 5120. The molecule has 90 heavy (non-hydrogen) atoms. The number of benzene rings is 9. The van der Waals surface area contributed by atoms with Crippen LogP contribution in [-0.2, 0) is 30.5 Å². The van der Waals surface area contributed by atoms with Gasteiger partial charge in [-0.25, -0.2) is 21.8 Å². The van der Waals surface area contributed by atoms with Crippen LogP contribution in [0.15, 0.2) is 290 Å². The van der Waals surface area contributed by atoms with Crippen molar-refractivity contribution in [3.63, 3.8) is 0 Å². The topological polar surface area (TPSA) is 87.7 Å². The minimum Gasteiger partial charge on any atom is -0.310 e. The first-order chi connectivity index (χ1) is 44.2. The first-order valence-corrected chi connectivity index (χ1v) is 36.0. The zero-order valence-corrected chi connectivity index (χ0v) is 52.3. The van der Waals surface area contributed by atoms with Gasteiger partial charge >= 0.3 is 0 Å². The zero-order valence-electron chi connectivity index (χ0n) is 47.4. The molecule has 0 N–H and O–H groups in total. The van der Waals surface area contributed by atoms with Gasteiger partial charge in [0.1, 0.15) is 5.82 Å². The van der Waals surface area contributed by atoms with E-state index in [1.807, 2.05) is 126 Å². The maximum atomic E-state index is 13.7. The van der Waals surface area contributed by atoms with Crippen LogP contribution < -0.4 is 9.80 Å². The van der Waals surface area contributed by atoms with E-state index in [4.69, 9.17) is 4.98 Å². The van der Waals surface area contributed by atoms with Crippen molar-refractivity contribution in [1.29, 1.82) is 0 Å². The quantitative estimate of drug-likeness (QED) is 0.173. The van der Waals surface area contributed by atoms with Crippen LogP contribution in [0.25, 0.3) is 64.0 Å². The fourth-order valence-electron chi connectivity index (χ4n) is 15.5. The number of sulfone groups is 2. The van der Waals surface area contributed by atoms with Gasteiger partial charge in [-0.15, -0.1) is 45.3 Å². The van der Waals surface area contributed by atoms with E-state index < -0.39 is 30.5 Å².